The number of rotatable bonds is 6. The Morgan fingerprint density at radius 3 is 2.41 bits per heavy atom. The highest BCUT2D eigenvalue weighted by atomic mass is 32.2. The molecule has 3 rings (SSSR count). The van der Waals surface area contributed by atoms with Gasteiger partial charge in [0.05, 0.1) is 6.10 Å². The number of hydrogen-bond acceptors (Lipinski definition) is 5. The van der Waals surface area contributed by atoms with Gasteiger partial charge in [-0.3, -0.25) is 4.79 Å². The lowest BCUT2D eigenvalue weighted by molar-refractivity contribution is -0.120. The van der Waals surface area contributed by atoms with Crippen LogP contribution in [-0.4, -0.2) is 37.8 Å². The highest BCUT2D eigenvalue weighted by Gasteiger charge is 2.32. The van der Waals surface area contributed by atoms with Crippen LogP contribution in [0, 0.1) is 5.92 Å². The Bertz CT molecular complexity index is 854. The van der Waals surface area contributed by atoms with E-state index >= 15 is 0 Å². The number of piperidine rings is 1. The predicted octanol–water partition coefficient (Wildman–Crippen LogP) is 3.57. The number of carbonyl (C=O) groups is 1. The minimum absolute atomic E-state index is 0.0688. The van der Waals surface area contributed by atoms with E-state index in [0.29, 0.717) is 35.8 Å². The van der Waals surface area contributed by atoms with E-state index in [1.807, 2.05) is 38.1 Å². The van der Waals surface area contributed by atoms with Gasteiger partial charge in [0, 0.05) is 24.7 Å². The standard InChI is InChI=1S/C19H24N2O4S2/c1-14(2)25-17-7-5-16(6-8-17)20-19(22)15-9-11-21(12-10-15)27(23,24)18-4-3-13-26-18/h3-8,13-15H,9-12H2,1-2H3,(H,20,22). The summed E-state index contributed by atoms with van der Waals surface area (Å²) in [6.45, 7) is 4.64. The molecule has 0 aliphatic carbocycles. The fraction of sp³-hybridized carbons (Fsp3) is 0.421. The Hall–Kier alpha value is -1.90. The molecule has 1 fully saturated rings. The molecule has 1 aliphatic heterocycles. The first-order valence-corrected chi connectivity index (χ1v) is 11.3. The van der Waals surface area contributed by atoms with Crippen LogP contribution < -0.4 is 10.1 Å². The zero-order valence-electron chi connectivity index (χ0n) is 15.4. The number of thiophene rings is 1. The number of benzene rings is 1. The van der Waals surface area contributed by atoms with E-state index < -0.39 is 10.0 Å². The first-order valence-electron chi connectivity index (χ1n) is 8.97. The third-order valence-corrected chi connectivity index (χ3v) is 7.68. The molecule has 2 aromatic rings. The average molecular weight is 409 g/mol. The van der Waals surface area contributed by atoms with E-state index in [0.717, 1.165) is 5.75 Å². The molecule has 1 saturated heterocycles. The van der Waals surface area contributed by atoms with Crippen molar-refractivity contribution >= 4 is 33.0 Å². The fourth-order valence-electron chi connectivity index (χ4n) is 3.03. The normalized spacial score (nSPS) is 16.4. The highest BCUT2D eigenvalue weighted by Crippen LogP contribution is 2.27. The second-order valence-corrected chi connectivity index (χ2v) is 9.90. The molecule has 1 aromatic carbocycles. The molecule has 27 heavy (non-hydrogen) atoms. The fourth-order valence-corrected chi connectivity index (χ4v) is 5.64. The van der Waals surface area contributed by atoms with Gasteiger partial charge in [-0.05, 0) is 62.4 Å². The molecule has 0 bridgehead atoms. The average Bonchev–Trinajstić information content (AvgIpc) is 3.18. The number of anilines is 1. The van der Waals surface area contributed by atoms with Gasteiger partial charge in [0.15, 0.2) is 0 Å². The minimum Gasteiger partial charge on any atom is -0.491 e. The molecule has 1 aliphatic rings. The number of sulfonamides is 1. The van der Waals surface area contributed by atoms with Crippen molar-refractivity contribution in [2.45, 2.75) is 37.0 Å². The van der Waals surface area contributed by atoms with E-state index in [9.17, 15) is 13.2 Å². The maximum Gasteiger partial charge on any atom is 0.252 e. The molecular weight excluding hydrogens is 384 g/mol. The molecule has 0 unspecified atom stereocenters. The Morgan fingerprint density at radius 1 is 1.19 bits per heavy atom. The SMILES string of the molecule is CC(C)Oc1ccc(NC(=O)C2CCN(S(=O)(=O)c3cccs3)CC2)cc1. The summed E-state index contributed by atoms with van der Waals surface area (Å²) in [4.78, 5) is 12.5. The third-order valence-electron chi connectivity index (χ3n) is 4.41. The van der Waals surface area contributed by atoms with Gasteiger partial charge in [-0.25, -0.2) is 8.42 Å². The van der Waals surface area contributed by atoms with Gasteiger partial charge in [-0.2, -0.15) is 4.31 Å². The van der Waals surface area contributed by atoms with Gasteiger partial charge in [-0.15, -0.1) is 11.3 Å². The molecule has 0 radical (unpaired) electrons. The molecule has 0 spiro atoms. The van der Waals surface area contributed by atoms with Crippen molar-refractivity contribution in [3.05, 3.63) is 41.8 Å². The second kappa shape index (κ2) is 8.41. The van der Waals surface area contributed by atoms with Crippen molar-refractivity contribution in [2.24, 2.45) is 5.92 Å². The summed E-state index contributed by atoms with van der Waals surface area (Å²) in [6, 6.07) is 10.6. The van der Waals surface area contributed by atoms with Gasteiger partial charge in [0.1, 0.15) is 9.96 Å². The summed E-state index contributed by atoms with van der Waals surface area (Å²) >= 11 is 1.22. The molecule has 146 valence electrons. The lowest BCUT2D eigenvalue weighted by Gasteiger charge is -2.30. The van der Waals surface area contributed by atoms with E-state index in [4.69, 9.17) is 4.74 Å². The number of hydrogen-bond donors (Lipinski definition) is 1. The van der Waals surface area contributed by atoms with Crippen LogP contribution >= 0.6 is 11.3 Å². The van der Waals surface area contributed by atoms with E-state index in [-0.39, 0.29) is 17.9 Å². The molecule has 1 aromatic heterocycles. The molecular formula is C19H24N2O4S2. The lowest BCUT2D eigenvalue weighted by Crippen LogP contribution is -2.41. The van der Waals surface area contributed by atoms with Crippen molar-refractivity contribution < 1.29 is 17.9 Å². The van der Waals surface area contributed by atoms with Crippen molar-refractivity contribution in [1.29, 1.82) is 0 Å². The first kappa shape index (κ1) is 19.9. The van der Waals surface area contributed by atoms with Gasteiger partial charge >= 0.3 is 0 Å². The predicted molar refractivity (Wildman–Crippen MR) is 107 cm³/mol. The summed E-state index contributed by atoms with van der Waals surface area (Å²) in [7, 11) is -3.44. The van der Waals surface area contributed by atoms with Crippen molar-refractivity contribution in [1.82, 2.24) is 4.31 Å². The van der Waals surface area contributed by atoms with Crippen LogP contribution in [0.15, 0.2) is 46.0 Å². The lowest BCUT2D eigenvalue weighted by atomic mass is 9.97. The number of carbonyl (C=O) groups excluding carboxylic acids is 1. The molecule has 2 heterocycles. The van der Waals surface area contributed by atoms with Crippen molar-refractivity contribution in [3.63, 3.8) is 0 Å². The number of nitrogens with zero attached hydrogens (tertiary/aromatic N) is 1. The first-order chi connectivity index (χ1) is 12.9. The van der Waals surface area contributed by atoms with Gasteiger partial charge in [-0.1, -0.05) is 6.07 Å². The van der Waals surface area contributed by atoms with Crippen LogP contribution in [0.25, 0.3) is 0 Å². The Labute approximate surface area is 164 Å². The van der Waals surface area contributed by atoms with Crippen LogP contribution in [0.4, 0.5) is 5.69 Å². The summed E-state index contributed by atoms with van der Waals surface area (Å²) in [5.41, 5.74) is 0.713. The Kier molecular flexibility index (Phi) is 6.18. The number of nitrogens with one attached hydrogen (secondary N) is 1. The highest BCUT2D eigenvalue weighted by molar-refractivity contribution is 7.91. The molecule has 1 amide bonds. The number of amides is 1. The zero-order chi connectivity index (χ0) is 19.4. The number of ether oxygens (including phenoxy) is 1. The van der Waals surface area contributed by atoms with Crippen LogP contribution in [0.2, 0.25) is 0 Å². The van der Waals surface area contributed by atoms with Crippen LogP contribution in [0.1, 0.15) is 26.7 Å². The quantitative estimate of drug-likeness (QED) is 0.793. The molecule has 1 N–H and O–H groups in total. The Morgan fingerprint density at radius 2 is 1.85 bits per heavy atom. The van der Waals surface area contributed by atoms with Gasteiger partial charge in [0.25, 0.3) is 10.0 Å². The van der Waals surface area contributed by atoms with E-state index in [2.05, 4.69) is 5.32 Å². The smallest absolute Gasteiger partial charge is 0.252 e. The van der Waals surface area contributed by atoms with Crippen LogP contribution in [0.5, 0.6) is 5.75 Å². The van der Waals surface area contributed by atoms with Gasteiger partial charge < -0.3 is 10.1 Å². The van der Waals surface area contributed by atoms with E-state index in [1.54, 1.807) is 17.5 Å². The zero-order valence-corrected chi connectivity index (χ0v) is 17.1. The minimum atomic E-state index is -3.44. The molecule has 6 nitrogen and oxygen atoms in total. The largest absolute Gasteiger partial charge is 0.491 e. The summed E-state index contributed by atoms with van der Waals surface area (Å²) < 4.78 is 32.5. The molecule has 8 heteroatoms. The van der Waals surface area contributed by atoms with Gasteiger partial charge in [0.2, 0.25) is 5.91 Å². The molecule has 0 saturated carbocycles. The molecule has 0 atom stereocenters. The summed E-state index contributed by atoms with van der Waals surface area (Å²) in [5.74, 6) is 0.502. The van der Waals surface area contributed by atoms with Crippen LogP contribution in [-0.2, 0) is 14.8 Å². The van der Waals surface area contributed by atoms with Crippen LogP contribution in [0.3, 0.4) is 0 Å². The maximum absolute atomic E-state index is 12.5. The Balaban J connectivity index is 1.54. The monoisotopic (exact) mass is 408 g/mol. The third kappa shape index (κ3) is 4.88. The van der Waals surface area contributed by atoms with Crippen molar-refractivity contribution in [2.75, 3.05) is 18.4 Å². The summed E-state index contributed by atoms with van der Waals surface area (Å²) in [6.07, 6.45) is 1.14. The topological polar surface area (TPSA) is 75.7 Å². The second-order valence-electron chi connectivity index (χ2n) is 6.79. The maximum atomic E-state index is 12.5. The van der Waals surface area contributed by atoms with E-state index in [1.165, 1.54) is 15.6 Å². The summed E-state index contributed by atoms with van der Waals surface area (Å²) in [5, 5.41) is 4.67. The van der Waals surface area contributed by atoms with Crippen molar-refractivity contribution in [3.8, 4) is 5.75 Å².